The molecular weight excluding hydrogens is 287 g/mol. The van der Waals surface area contributed by atoms with Crippen molar-refractivity contribution in [2.45, 2.75) is 13.0 Å². The molecule has 2 nitrogen and oxygen atoms in total. The summed E-state index contributed by atoms with van der Waals surface area (Å²) in [7, 11) is 0. The maximum absolute atomic E-state index is 13.2. The molecule has 0 aliphatic carbocycles. The van der Waals surface area contributed by atoms with Gasteiger partial charge in [0, 0.05) is 29.5 Å². The molecule has 0 aliphatic rings. The van der Waals surface area contributed by atoms with E-state index in [-0.39, 0.29) is 11.1 Å². The van der Waals surface area contributed by atoms with Gasteiger partial charge in [-0.05, 0) is 42.1 Å². The summed E-state index contributed by atoms with van der Waals surface area (Å²) in [5.74, 6) is -0.401. The smallest absolute Gasteiger partial charge is 0.141 e. The molecule has 1 aromatic heterocycles. The fourth-order valence-corrected chi connectivity index (χ4v) is 2.53. The van der Waals surface area contributed by atoms with Gasteiger partial charge in [0.05, 0.1) is 5.02 Å². The van der Waals surface area contributed by atoms with E-state index in [2.05, 4.69) is 10.3 Å². The van der Waals surface area contributed by atoms with E-state index in [4.69, 9.17) is 11.6 Å². The van der Waals surface area contributed by atoms with Crippen LogP contribution in [0.3, 0.4) is 0 Å². The molecule has 0 spiro atoms. The zero-order valence-corrected chi connectivity index (χ0v) is 12.2. The van der Waals surface area contributed by atoms with Crippen molar-refractivity contribution in [1.82, 2.24) is 4.98 Å². The number of aromatic nitrogens is 1. The molecular formula is C17H14ClFN2. The summed E-state index contributed by atoms with van der Waals surface area (Å²) >= 11 is 5.84. The van der Waals surface area contributed by atoms with E-state index < -0.39 is 5.82 Å². The van der Waals surface area contributed by atoms with Gasteiger partial charge in [0.15, 0.2) is 0 Å². The van der Waals surface area contributed by atoms with E-state index in [1.165, 1.54) is 6.07 Å². The number of pyridine rings is 1. The number of rotatable bonds is 3. The van der Waals surface area contributed by atoms with Crippen LogP contribution in [-0.4, -0.2) is 4.98 Å². The predicted octanol–water partition coefficient (Wildman–Crippen LogP) is 5.20. The monoisotopic (exact) mass is 300 g/mol. The lowest BCUT2D eigenvalue weighted by Crippen LogP contribution is -2.07. The van der Waals surface area contributed by atoms with Crippen LogP contribution in [0.2, 0.25) is 5.02 Å². The minimum absolute atomic E-state index is 0.00825. The average Bonchev–Trinajstić information content (AvgIpc) is 2.50. The van der Waals surface area contributed by atoms with Crippen molar-refractivity contribution in [3.63, 3.8) is 0 Å². The molecule has 0 amide bonds. The Morgan fingerprint density at radius 1 is 1.19 bits per heavy atom. The topological polar surface area (TPSA) is 24.9 Å². The summed E-state index contributed by atoms with van der Waals surface area (Å²) in [5, 5.41) is 5.75. The quantitative estimate of drug-likeness (QED) is 0.719. The number of hydrogen-bond acceptors (Lipinski definition) is 2. The van der Waals surface area contributed by atoms with Crippen LogP contribution < -0.4 is 5.32 Å². The van der Waals surface area contributed by atoms with Crippen molar-refractivity contribution >= 4 is 28.1 Å². The van der Waals surface area contributed by atoms with Crippen LogP contribution in [-0.2, 0) is 0 Å². The van der Waals surface area contributed by atoms with Gasteiger partial charge in [-0.25, -0.2) is 4.39 Å². The Balaban J connectivity index is 1.92. The summed E-state index contributed by atoms with van der Waals surface area (Å²) in [6.45, 7) is 2.01. The van der Waals surface area contributed by atoms with Gasteiger partial charge >= 0.3 is 0 Å². The molecule has 0 aliphatic heterocycles. The Morgan fingerprint density at radius 3 is 2.86 bits per heavy atom. The highest BCUT2D eigenvalue weighted by molar-refractivity contribution is 6.30. The van der Waals surface area contributed by atoms with Crippen molar-refractivity contribution in [1.29, 1.82) is 0 Å². The summed E-state index contributed by atoms with van der Waals surface area (Å²) in [6, 6.07) is 12.8. The number of hydrogen-bond donors (Lipinski definition) is 1. The normalized spacial score (nSPS) is 12.3. The van der Waals surface area contributed by atoms with Crippen LogP contribution in [0, 0.1) is 5.82 Å². The molecule has 1 N–H and O–H groups in total. The molecule has 0 fully saturated rings. The summed E-state index contributed by atoms with van der Waals surface area (Å²) < 4.78 is 13.2. The second-order valence-electron chi connectivity index (χ2n) is 4.94. The molecule has 0 radical (unpaired) electrons. The van der Waals surface area contributed by atoms with E-state index in [0.29, 0.717) is 0 Å². The van der Waals surface area contributed by atoms with E-state index >= 15 is 0 Å². The third kappa shape index (κ3) is 2.83. The SMILES string of the molecule is CC(Nc1cccc2ccncc12)c1ccc(F)c(Cl)c1. The minimum Gasteiger partial charge on any atom is -0.378 e. The first-order valence-electron chi connectivity index (χ1n) is 6.69. The number of anilines is 1. The highest BCUT2D eigenvalue weighted by atomic mass is 35.5. The molecule has 3 aromatic rings. The molecule has 1 unspecified atom stereocenters. The van der Waals surface area contributed by atoms with Crippen molar-refractivity contribution in [3.8, 4) is 0 Å². The van der Waals surface area contributed by atoms with Crippen molar-refractivity contribution in [2.75, 3.05) is 5.32 Å². The maximum Gasteiger partial charge on any atom is 0.141 e. The fraction of sp³-hybridized carbons (Fsp3) is 0.118. The summed E-state index contributed by atoms with van der Waals surface area (Å²) in [4.78, 5) is 4.17. The van der Waals surface area contributed by atoms with Gasteiger partial charge in [-0.2, -0.15) is 0 Å². The number of halogens is 2. The Labute approximate surface area is 127 Å². The molecule has 1 atom stereocenters. The molecule has 0 bridgehead atoms. The Morgan fingerprint density at radius 2 is 2.05 bits per heavy atom. The third-order valence-electron chi connectivity index (χ3n) is 3.50. The van der Waals surface area contributed by atoms with Crippen LogP contribution in [0.1, 0.15) is 18.5 Å². The maximum atomic E-state index is 13.2. The second kappa shape index (κ2) is 5.70. The largest absolute Gasteiger partial charge is 0.378 e. The molecule has 0 saturated heterocycles. The Kier molecular flexibility index (Phi) is 3.76. The first-order chi connectivity index (χ1) is 10.1. The Bertz CT molecular complexity index is 783. The Hall–Kier alpha value is -2.13. The van der Waals surface area contributed by atoms with Gasteiger partial charge in [-0.1, -0.05) is 29.8 Å². The van der Waals surface area contributed by atoms with Crippen LogP contribution in [0.5, 0.6) is 0 Å². The van der Waals surface area contributed by atoms with Gasteiger partial charge in [0.2, 0.25) is 0 Å². The van der Waals surface area contributed by atoms with E-state index in [1.54, 1.807) is 18.3 Å². The highest BCUT2D eigenvalue weighted by Crippen LogP contribution is 2.28. The zero-order chi connectivity index (χ0) is 14.8. The lowest BCUT2D eigenvalue weighted by atomic mass is 10.1. The summed E-state index contributed by atoms with van der Waals surface area (Å²) in [5.41, 5.74) is 1.93. The first kappa shape index (κ1) is 13.8. The van der Waals surface area contributed by atoms with Crippen LogP contribution in [0.15, 0.2) is 54.9 Å². The molecule has 0 saturated carbocycles. The average molecular weight is 301 g/mol. The molecule has 4 heteroatoms. The number of benzene rings is 2. The molecule has 3 rings (SSSR count). The summed E-state index contributed by atoms with van der Waals surface area (Å²) in [6.07, 6.45) is 3.61. The van der Waals surface area contributed by atoms with Crippen LogP contribution in [0.4, 0.5) is 10.1 Å². The number of nitrogens with zero attached hydrogens (tertiary/aromatic N) is 1. The lowest BCUT2D eigenvalue weighted by molar-refractivity contribution is 0.627. The van der Waals surface area contributed by atoms with Crippen molar-refractivity contribution < 1.29 is 4.39 Å². The minimum atomic E-state index is -0.401. The zero-order valence-electron chi connectivity index (χ0n) is 11.5. The van der Waals surface area contributed by atoms with Gasteiger partial charge in [0.25, 0.3) is 0 Å². The molecule has 2 aromatic carbocycles. The fourth-order valence-electron chi connectivity index (χ4n) is 2.34. The molecule has 21 heavy (non-hydrogen) atoms. The first-order valence-corrected chi connectivity index (χ1v) is 7.07. The van der Waals surface area contributed by atoms with Gasteiger partial charge in [-0.3, -0.25) is 4.98 Å². The van der Waals surface area contributed by atoms with Gasteiger partial charge < -0.3 is 5.32 Å². The van der Waals surface area contributed by atoms with E-state index in [9.17, 15) is 4.39 Å². The number of fused-ring (bicyclic) bond motifs is 1. The van der Waals surface area contributed by atoms with Crippen LogP contribution in [0.25, 0.3) is 10.8 Å². The van der Waals surface area contributed by atoms with Crippen molar-refractivity contribution in [3.05, 3.63) is 71.3 Å². The second-order valence-corrected chi connectivity index (χ2v) is 5.35. The highest BCUT2D eigenvalue weighted by Gasteiger charge is 2.10. The number of nitrogens with one attached hydrogen (secondary N) is 1. The van der Waals surface area contributed by atoms with Crippen molar-refractivity contribution in [2.24, 2.45) is 0 Å². The molecule has 106 valence electrons. The van der Waals surface area contributed by atoms with Gasteiger partial charge in [-0.15, -0.1) is 0 Å². The van der Waals surface area contributed by atoms with Gasteiger partial charge in [0.1, 0.15) is 5.82 Å². The van der Waals surface area contributed by atoms with E-state index in [1.807, 2.05) is 37.4 Å². The third-order valence-corrected chi connectivity index (χ3v) is 3.79. The lowest BCUT2D eigenvalue weighted by Gasteiger charge is -2.17. The predicted molar refractivity (Wildman–Crippen MR) is 85.2 cm³/mol. The standard InChI is InChI=1S/C17H14ClFN2/c1-11(13-5-6-16(19)15(18)9-13)21-17-4-2-3-12-7-8-20-10-14(12)17/h2-11,21H,1H3. The van der Waals surface area contributed by atoms with Crippen LogP contribution >= 0.6 is 11.6 Å². The van der Waals surface area contributed by atoms with E-state index in [0.717, 1.165) is 22.0 Å². The molecule has 1 heterocycles.